The number of amides is 1. The normalized spacial score (nSPS) is 14.7. The first-order chi connectivity index (χ1) is 14.4. The molecule has 1 N–H and O–H groups in total. The minimum Gasteiger partial charge on any atom is -0.370 e. The number of anilines is 2. The van der Waals surface area contributed by atoms with Crippen LogP contribution in [-0.4, -0.2) is 44.8 Å². The van der Waals surface area contributed by atoms with Crippen LogP contribution in [0.2, 0.25) is 5.02 Å². The maximum Gasteiger partial charge on any atom is 0.255 e. The zero-order valence-corrected chi connectivity index (χ0v) is 19.0. The predicted molar refractivity (Wildman–Crippen MR) is 122 cm³/mol. The third-order valence-electron chi connectivity index (χ3n) is 5.36. The zero-order chi connectivity index (χ0) is 21.7. The largest absolute Gasteiger partial charge is 0.370 e. The van der Waals surface area contributed by atoms with Gasteiger partial charge in [-0.15, -0.1) is 0 Å². The van der Waals surface area contributed by atoms with Crippen molar-refractivity contribution < 1.29 is 13.2 Å². The van der Waals surface area contributed by atoms with Crippen molar-refractivity contribution in [2.45, 2.75) is 38.0 Å². The van der Waals surface area contributed by atoms with Gasteiger partial charge in [0.2, 0.25) is 10.0 Å². The van der Waals surface area contributed by atoms with Gasteiger partial charge in [-0.3, -0.25) is 4.79 Å². The van der Waals surface area contributed by atoms with Gasteiger partial charge in [-0.2, -0.15) is 4.31 Å². The number of benzene rings is 2. The Balaban J connectivity index is 1.99. The number of nitrogens with one attached hydrogen (secondary N) is 1. The van der Waals surface area contributed by atoms with E-state index in [1.165, 1.54) is 10.7 Å². The van der Waals surface area contributed by atoms with Gasteiger partial charge in [-0.05, 0) is 61.7 Å². The van der Waals surface area contributed by atoms with E-state index in [1.54, 1.807) is 42.5 Å². The standard InChI is InChI=1S/C22H28ClN3O3S/c1-3-26(4-2)30(28,29)19-12-13-21(25-14-6-5-7-15-25)20(16-19)24-22(27)17-8-10-18(23)11-9-17/h8-13,16H,3-7,14-15H2,1-2H3,(H,24,27). The van der Waals surface area contributed by atoms with E-state index in [9.17, 15) is 13.2 Å². The molecule has 0 atom stereocenters. The summed E-state index contributed by atoms with van der Waals surface area (Å²) in [7, 11) is -3.63. The van der Waals surface area contributed by atoms with Crippen molar-refractivity contribution in [2.24, 2.45) is 0 Å². The SMILES string of the molecule is CCN(CC)S(=O)(=O)c1ccc(N2CCCCC2)c(NC(=O)c2ccc(Cl)cc2)c1. The molecule has 2 aromatic rings. The second-order valence-electron chi connectivity index (χ2n) is 7.28. The predicted octanol–water partition coefficient (Wildman–Crippen LogP) is 4.61. The summed E-state index contributed by atoms with van der Waals surface area (Å²) in [6.45, 7) is 6.16. The number of carbonyl (C=O) groups is 1. The minimum atomic E-state index is -3.63. The van der Waals surface area contributed by atoms with E-state index >= 15 is 0 Å². The lowest BCUT2D eigenvalue weighted by molar-refractivity contribution is 0.102. The van der Waals surface area contributed by atoms with Crippen LogP contribution in [0.4, 0.5) is 11.4 Å². The van der Waals surface area contributed by atoms with Crippen LogP contribution in [0.1, 0.15) is 43.5 Å². The summed E-state index contributed by atoms with van der Waals surface area (Å²) in [5.74, 6) is -0.303. The second-order valence-corrected chi connectivity index (χ2v) is 9.65. The van der Waals surface area contributed by atoms with Gasteiger partial charge in [0.1, 0.15) is 0 Å². The first-order valence-corrected chi connectivity index (χ1v) is 12.1. The summed E-state index contributed by atoms with van der Waals surface area (Å²) in [5, 5.41) is 3.47. The minimum absolute atomic E-state index is 0.179. The number of hydrogen-bond donors (Lipinski definition) is 1. The van der Waals surface area contributed by atoms with Crippen LogP contribution in [0.25, 0.3) is 0 Å². The van der Waals surface area contributed by atoms with Gasteiger partial charge in [-0.1, -0.05) is 25.4 Å². The number of sulfonamides is 1. The molecule has 0 unspecified atom stereocenters. The lowest BCUT2D eigenvalue weighted by Crippen LogP contribution is -2.32. The Hall–Kier alpha value is -2.09. The van der Waals surface area contributed by atoms with Crippen molar-refractivity contribution in [2.75, 3.05) is 36.4 Å². The molecular weight excluding hydrogens is 422 g/mol. The molecule has 1 aliphatic heterocycles. The Morgan fingerprint density at radius 2 is 1.67 bits per heavy atom. The van der Waals surface area contributed by atoms with Crippen LogP contribution in [0, 0.1) is 0 Å². The third-order valence-corrected chi connectivity index (χ3v) is 7.66. The van der Waals surface area contributed by atoms with Crippen molar-refractivity contribution in [3.05, 3.63) is 53.1 Å². The molecule has 1 amide bonds. The summed E-state index contributed by atoms with van der Waals surface area (Å²) in [6.07, 6.45) is 3.32. The number of halogens is 1. The maximum absolute atomic E-state index is 13.0. The third kappa shape index (κ3) is 4.96. The number of carbonyl (C=O) groups excluding carboxylic acids is 1. The molecule has 0 saturated carbocycles. The molecule has 1 heterocycles. The lowest BCUT2D eigenvalue weighted by Gasteiger charge is -2.31. The van der Waals surface area contributed by atoms with Gasteiger partial charge in [-0.25, -0.2) is 8.42 Å². The number of nitrogens with zero attached hydrogens (tertiary/aromatic N) is 2. The highest BCUT2D eigenvalue weighted by molar-refractivity contribution is 7.89. The van der Waals surface area contributed by atoms with Crippen LogP contribution < -0.4 is 10.2 Å². The molecule has 0 spiro atoms. The molecule has 2 aromatic carbocycles. The van der Waals surface area contributed by atoms with Gasteiger partial charge in [0.05, 0.1) is 16.3 Å². The topological polar surface area (TPSA) is 69.7 Å². The summed E-state index contributed by atoms with van der Waals surface area (Å²) < 4.78 is 27.4. The smallest absolute Gasteiger partial charge is 0.255 e. The van der Waals surface area contributed by atoms with E-state index in [2.05, 4.69) is 10.2 Å². The summed E-state index contributed by atoms with van der Waals surface area (Å²) in [6, 6.07) is 11.6. The monoisotopic (exact) mass is 449 g/mol. The van der Waals surface area contributed by atoms with E-state index in [0.717, 1.165) is 31.6 Å². The van der Waals surface area contributed by atoms with Crippen molar-refractivity contribution in [1.82, 2.24) is 4.31 Å². The molecule has 0 radical (unpaired) electrons. The highest BCUT2D eigenvalue weighted by Crippen LogP contribution is 2.32. The Morgan fingerprint density at radius 3 is 2.27 bits per heavy atom. The van der Waals surface area contributed by atoms with Gasteiger partial charge in [0, 0.05) is 36.8 Å². The Labute approximate surface area is 183 Å². The second kappa shape index (κ2) is 9.81. The van der Waals surface area contributed by atoms with Gasteiger partial charge < -0.3 is 10.2 Å². The van der Waals surface area contributed by atoms with Crippen LogP contribution in [0.15, 0.2) is 47.4 Å². The van der Waals surface area contributed by atoms with Crippen molar-refractivity contribution in [1.29, 1.82) is 0 Å². The van der Waals surface area contributed by atoms with E-state index in [0.29, 0.717) is 29.4 Å². The molecule has 1 aliphatic rings. The van der Waals surface area contributed by atoms with Gasteiger partial charge in [0.25, 0.3) is 5.91 Å². The fourth-order valence-corrected chi connectivity index (χ4v) is 5.31. The molecule has 1 fully saturated rings. The van der Waals surface area contributed by atoms with E-state index in [4.69, 9.17) is 11.6 Å². The Morgan fingerprint density at radius 1 is 1.03 bits per heavy atom. The van der Waals surface area contributed by atoms with Crippen LogP contribution >= 0.6 is 11.6 Å². The first-order valence-electron chi connectivity index (χ1n) is 10.3. The Bertz CT molecular complexity index is 983. The van der Waals surface area contributed by atoms with E-state index < -0.39 is 10.0 Å². The van der Waals surface area contributed by atoms with Crippen LogP contribution in [0.5, 0.6) is 0 Å². The summed E-state index contributed by atoms with van der Waals surface area (Å²) in [4.78, 5) is 15.2. The van der Waals surface area contributed by atoms with Crippen LogP contribution in [-0.2, 0) is 10.0 Å². The van der Waals surface area contributed by atoms with E-state index in [-0.39, 0.29) is 10.8 Å². The molecule has 162 valence electrons. The average Bonchev–Trinajstić information content (AvgIpc) is 2.75. The number of rotatable bonds is 7. The zero-order valence-electron chi connectivity index (χ0n) is 17.4. The molecule has 6 nitrogen and oxygen atoms in total. The molecule has 1 saturated heterocycles. The van der Waals surface area contributed by atoms with Gasteiger partial charge >= 0.3 is 0 Å². The van der Waals surface area contributed by atoms with Crippen molar-refractivity contribution in [3.63, 3.8) is 0 Å². The summed E-state index contributed by atoms with van der Waals surface area (Å²) >= 11 is 5.92. The molecule has 0 aliphatic carbocycles. The highest BCUT2D eigenvalue weighted by Gasteiger charge is 2.24. The van der Waals surface area contributed by atoms with E-state index in [1.807, 2.05) is 13.8 Å². The molecular formula is C22H28ClN3O3S. The highest BCUT2D eigenvalue weighted by atomic mass is 35.5. The molecule has 0 bridgehead atoms. The summed E-state index contributed by atoms with van der Waals surface area (Å²) in [5.41, 5.74) is 1.81. The van der Waals surface area contributed by atoms with Crippen molar-refractivity contribution >= 4 is 38.9 Å². The number of hydrogen-bond acceptors (Lipinski definition) is 4. The van der Waals surface area contributed by atoms with Crippen LogP contribution in [0.3, 0.4) is 0 Å². The Kier molecular flexibility index (Phi) is 7.39. The quantitative estimate of drug-likeness (QED) is 0.669. The fraction of sp³-hybridized carbons (Fsp3) is 0.409. The molecule has 30 heavy (non-hydrogen) atoms. The fourth-order valence-electron chi connectivity index (χ4n) is 3.69. The molecule has 0 aromatic heterocycles. The molecule has 8 heteroatoms. The first kappa shape index (κ1) is 22.6. The lowest BCUT2D eigenvalue weighted by atomic mass is 10.1. The average molecular weight is 450 g/mol. The maximum atomic E-state index is 13.0. The van der Waals surface area contributed by atoms with Gasteiger partial charge in [0.15, 0.2) is 0 Å². The van der Waals surface area contributed by atoms with Crippen molar-refractivity contribution in [3.8, 4) is 0 Å². The number of piperidine rings is 1. The molecule has 3 rings (SSSR count).